The maximum Gasteiger partial charge on any atom is 0.338 e. The molecule has 50 heavy (non-hydrogen) atoms. The summed E-state index contributed by atoms with van der Waals surface area (Å²) in [6.45, 7) is 4.43. The van der Waals surface area contributed by atoms with Crippen LogP contribution in [0.1, 0.15) is 47.7 Å². The number of benzene rings is 4. The molecule has 10 nitrogen and oxygen atoms in total. The van der Waals surface area contributed by atoms with Crippen molar-refractivity contribution >= 4 is 29.1 Å². The number of fused-ring (bicyclic) bond motifs is 2. The number of ether oxygens (including phenoxy) is 5. The second-order valence-electron chi connectivity index (χ2n) is 11.2. The van der Waals surface area contributed by atoms with E-state index in [1.165, 1.54) is 11.3 Å². The highest BCUT2D eigenvalue weighted by atomic mass is 32.1. The molecule has 2 aliphatic heterocycles. The van der Waals surface area contributed by atoms with Gasteiger partial charge in [0.25, 0.3) is 5.56 Å². The zero-order valence-electron chi connectivity index (χ0n) is 27.3. The lowest BCUT2D eigenvalue weighted by Gasteiger charge is -2.26. The fraction of sp³-hybridized carbons (Fsp3) is 0.179. The number of hydrogen-bond donors (Lipinski definition) is 0. The van der Waals surface area contributed by atoms with E-state index in [9.17, 15) is 14.9 Å². The molecule has 0 fully saturated rings. The molecule has 0 radical (unpaired) electrons. The molecule has 1 atom stereocenters. The average Bonchev–Trinajstić information content (AvgIpc) is 3.74. The van der Waals surface area contributed by atoms with Crippen molar-refractivity contribution in [2.45, 2.75) is 26.5 Å². The van der Waals surface area contributed by atoms with Gasteiger partial charge in [-0.15, -0.1) is 0 Å². The van der Waals surface area contributed by atoms with Crippen LogP contribution in [0.2, 0.25) is 0 Å². The molecule has 0 aliphatic carbocycles. The van der Waals surface area contributed by atoms with Crippen LogP contribution >= 0.6 is 11.3 Å². The molecule has 0 bridgehead atoms. The predicted octanol–water partition coefficient (Wildman–Crippen LogP) is 5.51. The van der Waals surface area contributed by atoms with Crippen molar-refractivity contribution in [2.24, 2.45) is 4.99 Å². The van der Waals surface area contributed by atoms with E-state index in [0.717, 1.165) is 5.56 Å². The van der Waals surface area contributed by atoms with Crippen molar-refractivity contribution in [1.82, 2.24) is 4.57 Å². The lowest BCUT2D eigenvalue weighted by molar-refractivity contribution is -0.138. The Balaban J connectivity index is 1.35. The van der Waals surface area contributed by atoms with E-state index in [4.69, 9.17) is 28.7 Å². The lowest BCUT2D eigenvalue weighted by Crippen LogP contribution is -2.40. The Morgan fingerprint density at radius 2 is 1.76 bits per heavy atom. The lowest BCUT2D eigenvalue weighted by atomic mass is 9.93. The van der Waals surface area contributed by atoms with Gasteiger partial charge in [0.15, 0.2) is 27.8 Å². The SMILES string of the molecule is CCOC(=O)C1=C(c2ccccc2)N=c2s/c(=C/c3ccc(OCc4ccccc4C#N)c(OCC)c3)c(=O)n2[C@@H]1c1ccc2c(c1)OCO2. The molecule has 0 amide bonds. The van der Waals surface area contributed by atoms with E-state index in [1.807, 2.05) is 73.7 Å². The number of nitrogens with zero attached hydrogens (tertiary/aromatic N) is 3. The molecule has 250 valence electrons. The van der Waals surface area contributed by atoms with Crippen molar-refractivity contribution < 1.29 is 28.5 Å². The van der Waals surface area contributed by atoms with Gasteiger partial charge < -0.3 is 23.7 Å². The number of nitriles is 1. The summed E-state index contributed by atoms with van der Waals surface area (Å²) in [4.78, 5) is 33.5. The molecule has 0 spiro atoms. The smallest absolute Gasteiger partial charge is 0.338 e. The summed E-state index contributed by atoms with van der Waals surface area (Å²) < 4.78 is 30.7. The summed E-state index contributed by atoms with van der Waals surface area (Å²) in [5, 5.41) is 9.47. The molecule has 11 heteroatoms. The van der Waals surface area contributed by atoms with E-state index in [1.54, 1.807) is 41.8 Å². The van der Waals surface area contributed by atoms with Gasteiger partial charge in [-0.05, 0) is 61.4 Å². The summed E-state index contributed by atoms with van der Waals surface area (Å²) in [7, 11) is 0. The van der Waals surface area contributed by atoms with Crippen LogP contribution in [0.4, 0.5) is 0 Å². The Kier molecular flexibility index (Phi) is 9.18. The minimum atomic E-state index is -0.858. The predicted molar refractivity (Wildman–Crippen MR) is 187 cm³/mol. The number of carbonyl (C=O) groups is 1. The molecule has 0 saturated carbocycles. The molecule has 0 saturated heterocycles. The molecule has 4 aromatic carbocycles. The third kappa shape index (κ3) is 6.24. The van der Waals surface area contributed by atoms with Crippen LogP contribution in [0.3, 0.4) is 0 Å². The Labute approximate surface area is 291 Å². The van der Waals surface area contributed by atoms with E-state index in [2.05, 4.69) is 6.07 Å². The number of rotatable bonds is 10. The Morgan fingerprint density at radius 1 is 0.960 bits per heavy atom. The van der Waals surface area contributed by atoms with Gasteiger partial charge in [-0.1, -0.05) is 72.0 Å². The van der Waals surface area contributed by atoms with Crippen LogP contribution in [0, 0.1) is 11.3 Å². The first-order chi connectivity index (χ1) is 24.5. The third-order valence-corrected chi connectivity index (χ3v) is 9.16. The van der Waals surface area contributed by atoms with Crippen LogP contribution in [0.25, 0.3) is 11.8 Å². The average molecular weight is 686 g/mol. The van der Waals surface area contributed by atoms with E-state index >= 15 is 0 Å². The molecular formula is C39H31N3O7S. The van der Waals surface area contributed by atoms with Crippen molar-refractivity contribution in [3.05, 3.63) is 144 Å². The largest absolute Gasteiger partial charge is 0.490 e. The third-order valence-electron chi connectivity index (χ3n) is 8.17. The Hall–Kier alpha value is -6.12. The highest BCUT2D eigenvalue weighted by molar-refractivity contribution is 7.07. The van der Waals surface area contributed by atoms with Gasteiger partial charge in [-0.2, -0.15) is 5.26 Å². The number of esters is 1. The van der Waals surface area contributed by atoms with Gasteiger partial charge in [0.05, 0.1) is 46.7 Å². The maximum absolute atomic E-state index is 14.4. The molecule has 0 unspecified atom stereocenters. The molecule has 1 aromatic heterocycles. The minimum Gasteiger partial charge on any atom is -0.490 e. The van der Waals surface area contributed by atoms with Crippen molar-refractivity contribution in [3.8, 4) is 29.1 Å². The van der Waals surface area contributed by atoms with Crippen LogP contribution in [0.5, 0.6) is 23.0 Å². The first-order valence-electron chi connectivity index (χ1n) is 16.0. The van der Waals surface area contributed by atoms with Crippen molar-refractivity contribution in [1.29, 1.82) is 5.26 Å². The zero-order chi connectivity index (χ0) is 34.6. The fourth-order valence-corrected chi connectivity index (χ4v) is 6.90. The number of carbonyl (C=O) groups excluding carboxylic acids is 1. The summed E-state index contributed by atoms with van der Waals surface area (Å²) in [5.41, 5.74) is 3.72. The topological polar surface area (TPSA) is 121 Å². The Morgan fingerprint density at radius 3 is 2.56 bits per heavy atom. The highest BCUT2D eigenvalue weighted by Gasteiger charge is 2.36. The van der Waals surface area contributed by atoms with Crippen LogP contribution in [-0.2, 0) is 16.1 Å². The van der Waals surface area contributed by atoms with E-state index in [0.29, 0.717) is 66.9 Å². The van der Waals surface area contributed by atoms with Crippen LogP contribution < -0.4 is 33.8 Å². The van der Waals surface area contributed by atoms with E-state index < -0.39 is 12.0 Å². The summed E-state index contributed by atoms with van der Waals surface area (Å²) >= 11 is 1.22. The summed E-state index contributed by atoms with van der Waals surface area (Å²) in [6.07, 6.45) is 1.77. The minimum absolute atomic E-state index is 0.0815. The highest BCUT2D eigenvalue weighted by Crippen LogP contribution is 2.40. The molecule has 7 rings (SSSR count). The van der Waals surface area contributed by atoms with Gasteiger partial charge in [0.2, 0.25) is 6.79 Å². The molecular weight excluding hydrogens is 655 g/mol. The van der Waals surface area contributed by atoms with Crippen LogP contribution in [-0.4, -0.2) is 30.5 Å². The van der Waals surface area contributed by atoms with Crippen molar-refractivity contribution in [3.63, 3.8) is 0 Å². The first kappa shape index (κ1) is 32.4. The van der Waals surface area contributed by atoms with Gasteiger partial charge in [-0.25, -0.2) is 9.79 Å². The normalized spacial score (nSPS) is 14.8. The summed E-state index contributed by atoms with van der Waals surface area (Å²) in [5.74, 6) is 1.54. The van der Waals surface area contributed by atoms with Gasteiger partial charge >= 0.3 is 5.97 Å². The van der Waals surface area contributed by atoms with Gasteiger partial charge in [0.1, 0.15) is 6.61 Å². The van der Waals surface area contributed by atoms with Crippen LogP contribution in [0.15, 0.2) is 106 Å². The molecule has 0 N–H and O–H groups in total. The number of aromatic nitrogens is 1. The van der Waals surface area contributed by atoms with Gasteiger partial charge in [-0.3, -0.25) is 9.36 Å². The second-order valence-corrected chi connectivity index (χ2v) is 12.3. The fourth-order valence-electron chi connectivity index (χ4n) is 5.90. The number of hydrogen-bond acceptors (Lipinski definition) is 10. The summed E-state index contributed by atoms with van der Waals surface area (Å²) in [6, 6.07) is 28.8. The zero-order valence-corrected chi connectivity index (χ0v) is 28.1. The van der Waals surface area contributed by atoms with Gasteiger partial charge in [0, 0.05) is 11.1 Å². The standard InChI is InChI=1S/C39H31N3O7S/c1-3-45-31-18-24(14-16-29(31)47-22-28-13-9-8-12-27(28)21-40)19-33-37(43)42-36(26-15-17-30-32(20-26)49-23-48-30)34(38(44)46-4-2)35(41-39(42)50-33)25-10-6-5-7-11-25/h5-20,36H,3-4,22-23H2,1-2H3/b33-19+/t36-/m1/s1. The Bertz CT molecular complexity index is 2360. The first-order valence-corrected chi connectivity index (χ1v) is 16.9. The monoisotopic (exact) mass is 685 g/mol. The quantitative estimate of drug-likeness (QED) is 0.177. The van der Waals surface area contributed by atoms with Crippen molar-refractivity contribution in [2.75, 3.05) is 20.0 Å². The number of thiazole rings is 1. The second kappa shape index (κ2) is 14.2. The maximum atomic E-state index is 14.4. The molecule has 2 aliphatic rings. The molecule has 3 heterocycles. The molecule has 5 aromatic rings. The van der Waals surface area contributed by atoms with E-state index in [-0.39, 0.29) is 31.1 Å².